The van der Waals surface area contributed by atoms with E-state index >= 15 is 0 Å². The van der Waals surface area contributed by atoms with Crippen molar-refractivity contribution in [3.63, 3.8) is 0 Å². The number of hydrogen-bond donors (Lipinski definition) is 0. The minimum absolute atomic E-state index is 0.0627. The summed E-state index contributed by atoms with van der Waals surface area (Å²) < 4.78 is 16.9. The molecule has 0 aromatic rings. The van der Waals surface area contributed by atoms with E-state index in [1.54, 1.807) is 0 Å². The molecule has 410 valence electrons. The molecule has 0 aromatic heterocycles. The molecule has 6 heteroatoms. The first kappa shape index (κ1) is 67.4. The van der Waals surface area contributed by atoms with Gasteiger partial charge in [-0.05, 0) is 31.1 Å². The average molecular weight is 976 g/mol. The summed E-state index contributed by atoms with van der Waals surface area (Å²) in [5.74, 6) is 0.918. The van der Waals surface area contributed by atoms with E-state index in [9.17, 15) is 14.4 Å². The molecular formula is C63H122O6. The van der Waals surface area contributed by atoms with Crippen molar-refractivity contribution in [3.8, 4) is 0 Å². The predicted octanol–water partition coefficient (Wildman–Crippen LogP) is 20.8. The Morgan fingerprint density at radius 1 is 0.290 bits per heavy atom. The van der Waals surface area contributed by atoms with Gasteiger partial charge in [0.1, 0.15) is 13.2 Å². The van der Waals surface area contributed by atoms with Crippen molar-refractivity contribution >= 4 is 17.9 Å². The van der Waals surface area contributed by atoms with Gasteiger partial charge in [-0.1, -0.05) is 317 Å². The molecule has 0 rings (SSSR count). The molecule has 0 saturated heterocycles. The Morgan fingerprint density at radius 3 is 0.754 bits per heavy atom. The van der Waals surface area contributed by atoms with Crippen LogP contribution in [0.3, 0.4) is 0 Å². The van der Waals surface area contributed by atoms with E-state index in [2.05, 4.69) is 34.6 Å². The first-order chi connectivity index (χ1) is 33.8. The quantitative estimate of drug-likeness (QED) is 0.0343. The van der Waals surface area contributed by atoms with Gasteiger partial charge in [0.05, 0.1) is 0 Å². The fourth-order valence-electron chi connectivity index (χ4n) is 9.69. The van der Waals surface area contributed by atoms with Crippen LogP contribution in [0.1, 0.15) is 356 Å². The molecule has 69 heavy (non-hydrogen) atoms. The Balaban J connectivity index is 4.22. The van der Waals surface area contributed by atoms with Crippen LogP contribution in [0.15, 0.2) is 0 Å². The first-order valence-electron chi connectivity index (χ1n) is 31.3. The summed E-state index contributed by atoms with van der Waals surface area (Å²) in [7, 11) is 0. The highest BCUT2D eigenvalue weighted by Gasteiger charge is 2.19. The average Bonchev–Trinajstić information content (AvgIpc) is 3.35. The van der Waals surface area contributed by atoms with E-state index < -0.39 is 6.10 Å². The van der Waals surface area contributed by atoms with Gasteiger partial charge >= 0.3 is 17.9 Å². The van der Waals surface area contributed by atoms with Crippen molar-refractivity contribution in [1.82, 2.24) is 0 Å². The highest BCUT2D eigenvalue weighted by atomic mass is 16.6. The lowest BCUT2D eigenvalue weighted by atomic mass is 9.99. The fraction of sp³-hybridized carbons (Fsp3) is 0.952. The second-order valence-electron chi connectivity index (χ2n) is 22.2. The summed E-state index contributed by atoms with van der Waals surface area (Å²) in [6, 6.07) is 0. The van der Waals surface area contributed by atoms with Gasteiger partial charge in [0, 0.05) is 19.3 Å². The maximum Gasteiger partial charge on any atom is 0.306 e. The van der Waals surface area contributed by atoms with Crippen molar-refractivity contribution in [1.29, 1.82) is 0 Å². The van der Waals surface area contributed by atoms with Crippen LogP contribution in [-0.4, -0.2) is 37.2 Å². The van der Waals surface area contributed by atoms with Crippen LogP contribution < -0.4 is 0 Å². The third-order valence-corrected chi connectivity index (χ3v) is 15.2. The summed E-state index contributed by atoms with van der Waals surface area (Å²) in [4.78, 5) is 38.2. The van der Waals surface area contributed by atoms with Crippen LogP contribution in [0.2, 0.25) is 0 Å². The van der Waals surface area contributed by atoms with Gasteiger partial charge in [-0.2, -0.15) is 0 Å². The lowest BCUT2D eigenvalue weighted by Crippen LogP contribution is -2.30. The normalized spacial score (nSPS) is 12.8. The molecule has 0 amide bonds. The van der Waals surface area contributed by atoms with E-state index in [4.69, 9.17) is 14.2 Å². The Kier molecular flexibility index (Phi) is 54.4. The molecule has 0 bridgehead atoms. The standard InChI is InChI=1S/C63H122O6/c1-6-9-10-11-12-13-14-15-16-19-23-26-29-32-38-43-48-53-61(64)67-56-60(69-63(66)55-50-45-40-35-34-37-42-47-52-59(5)8-3)57-68-62(65)54-49-44-39-33-30-27-24-21-18-17-20-22-25-28-31-36-41-46-51-58(4)7-2/h58-60H,6-57H2,1-5H3/t58?,59?,60-/m1/s1. The van der Waals surface area contributed by atoms with Gasteiger partial charge in [-0.15, -0.1) is 0 Å². The maximum absolute atomic E-state index is 12.9. The number of unbranched alkanes of at least 4 members (excludes halogenated alkanes) is 40. The molecule has 0 aromatic carbocycles. The van der Waals surface area contributed by atoms with E-state index in [1.807, 2.05) is 0 Å². The van der Waals surface area contributed by atoms with Gasteiger partial charge in [0.25, 0.3) is 0 Å². The number of rotatable bonds is 57. The third-order valence-electron chi connectivity index (χ3n) is 15.2. The second-order valence-corrected chi connectivity index (χ2v) is 22.2. The minimum Gasteiger partial charge on any atom is -0.462 e. The second kappa shape index (κ2) is 55.7. The summed E-state index contributed by atoms with van der Waals surface area (Å²) in [5, 5.41) is 0. The van der Waals surface area contributed by atoms with Crippen molar-refractivity contribution in [2.45, 2.75) is 362 Å². The van der Waals surface area contributed by atoms with Crippen molar-refractivity contribution in [2.75, 3.05) is 13.2 Å². The van der Waals surface area contributed by atoms with Gasteiger partial charge in [0.2, 0.25) is 0 Å². The highest BCUT2D eigenvalue weighted by molar-refractivity contribution is 5.71. The van der Waals surface area contributed by atoms with Gasteiger partial charge in [0.15, 0.2) is 6.10 Å². The summed E-state index contributed by atoms with van der Waals surface area (Å²) in [6.45, 7) is 11.5. The van der Waals surface area contributed by atoms with Gasteiger partial charge in [-0.3, -0.25) is 14.4 Å². The zero-order valence-corrected chi connectivity index (χ0v) is 47.5. The smallest absolute Gasteiger partial charge is 0.306 e. The predicted molar refractivity (Wildman–Crippen MR) is 298 cm³/mol. The third kappa shape index (κ3) is 54.0. The molecule has 3 atom stereocenters. The molecule has 0 aliphatic heterocycles. The Bertz CT molecular complexity index is 1060. The van der Waals surface area contributed by atoms with E-state index in [1.165, 1.54) is 244 Å². The molecule has 0 heterocycles. The fourth-order valence-corrected chi connectivity index (χ4v) is 9.69. The van der Waals surface area contributed by atoms with Gasteiger partial charge < -0.3 is 14.2 Å². The molecule has 0 radical (unpaired) electrons. The first-order valence-corrected chi connectivity index (χ1v) is 31.3. The molecule has 0 aliphatic carbocycles. The van der Waals surface area contributed by atoms with Crippen LogP contribution in [-0.2, 0) is 28.6 Å². The maximum atomic E-state index is 12.9. The van der Waals surface area contributed by atoms with Crippen LogP contribution in [0.25, 0.3) is 0 Å². The lowest BCUT2D eigenvalue weighted by Gasteiger charge is -2.18. The van der Waals surface area contributed by atoms with Crippen molar-refractivity contribution < 1.29 is 28.6 Å². The highest BCUT2D eigenvalue weighted by Crippen LogP contribution is 2.19. The molecule has 6 nitrogen and oxygen atoms in total. The van der Waals surface area contributed by atoms with E-state index in [-0.39, 0.29) is 31.1 Å². The number of carbonyl (C=O) groups is 3. The molecule has 0 N–H and O–H groups in total. The number of hydrogen-bond acceptors (Lipinski definition) is 6. The summed E-state index contributed by atoms with van der Waals surface area (Å²) >= 11 is 0. The van der Waals surface area contributed by atoms with Crippen LogP contribution >= 0.6 is 0 Å². The van der Waals surface area contributed by atoms with Gasteiger partial charge in [-0.25, -0.2) is 0 Å². The zero-order chi connectivity index (χ0) is 50.4. The molecule has 0 spiro atoms. The molecule has 2 unspecified atom stereocenters. The molecule has 0 aliphatic rings. The summed E-state index contributed by atoms with van der Waals surface area (Å²) in [5.41, 5.74) is 0. The lowest BCUT2D eigenvalue weighted by molar-refractivity contribution is -0.167. The SMILES string of the molecule is CCCCCCCCCCCCCCCCCCCC(=O)OC[C@H](COC(=O)CCCCCCCCCCCCCCCCCCCCC(C)CC)OC(=O)CCCCCCCCCCC(C)CC. The molecule has 0 fully saturated rings. The van der Waals surface area contributed by atoms with Crippen LogP contribution in [0.5, 0.6) is 0 Å². The largest absolute Gasteiger partial charge is 0.462 e. The number of esters is 3. The van der Waals surface area contributed by atoms with Crippen molar-refractivity contribution in [3.05, 3.63) is 0 Å². The summed E-state index contributed by atoms with van der Waals surface area (Å²) in [6.07, 6.45) is 61.0. The number of carbonyl (C=O) groups excluding carboxylic acids is 3. The van der Waals surface area contributed by atoms with Crippen molar-refractivity contribution in [2.24, 2.45) is 11.8 Å². The molecule has 0 saturated carbocycles. The number of ether oxygens (including phenoxy) is 3. The molecular weight excluding hydrogens is 853 g/mol. The Labute approximate surface area is 431 Å². The zero-order valence-electron chi connectivity index (χ0n) is 47.5. The van der Waals surface area contributed by atoms with Crippen LogP contribution in [0, 0.1) is 11.8 Å². The topological polar surface area (TPSA) is 78.9 Å². The van der Waals surface area contributed by atoms with E-state index in [0.717, 1.165) is 69.6 Å². The Hall–Kier alpha value is -1.59. The monoisotopic (exact) mass is 975 g/mol. The Morgan fingerprint density at radius 2 is 0.507 bits per heavy atom. The van der Waals surface area contributed by atoms with Crippen LogP contribution in [0.4, 0.5) is 0 Å². The van der Waals surface area contributed by atoms with E-state index in [0.29, 0.717) is 19.3 Å². The minimum atomic E-state index is -0.764.